The molecule has 0 rings (SSSR count). The third kappa shape index (κ3) is 6.19. The summed E-state index contributed by atoms with van der Waals surface area (Å²) in [6, 6.07) is 0. The van der Waals surface area contributed by atoms with Gasteiger partial charge in [-0.3, -0.25) is 9.59 Å². The molecule has 0 atom stereocenters. The fourth-order valence-corrected chi connectivity index (χ4v) is 0.202. The molecular weight excluding hydrogens is 164 g/mol. The molecule has 52 valence electrons. The predicted octanol–water partition coefficient (Wildman–Crippen LogP) is -0.716. The Morgan fingerprint density at radius 2 is 1.50 bits per heavy atom. The molecule has 0 bridgehead atoms. The summed E-state index contributed by atoms with van der Waals surface area (Å²) in [5.74, 6) is -2.65. The van der Waals surface area contributed by atoms with Gasteiger partial charge >= 0.3 is 11.9 Å². The summed E-state index contributed by atoms with van der Waals surface area (Å²) in [5, 5.41) is 0. The van der Waals surface area contributed by atoms with E-state index in [0.29, 0.717) is 0 Å². The van der Waals surface area contributed by atoms with E-state index in [1.165, 1.54) is 0 Å². The second-order valence-corrected chi connectivity index (χ2v) is 1.44. The molecule has 0 unspecified atom stereocenters. The van der Waals surface area contributed by atoms with Crippen molar-refractivity contribution in [1.29, 1.82) is 0 Å². The van der Waals surface area contributed by atoms with E-state index in [2.05, 4.69) is 4.74 Å². The van der Waals surface area contributed by atoms with Crippen LogP contribution in [0.3, 0.4) is 0 Å². The van der Waals surface area contributed by atoms with Crippen LogP contribution < -0.4 is 0 Å². The molecule has 0 aromatic carbocycles. The van der Waals surface area contributed by atoms with Crippen molar-refractivity contribution in [1.82, 2.24) is 0 Å². The molecule has 0 fully saturated rings. The summed E-state index contributed by atoms with van der Waals surface area (Å²) >= 11 is 0. The van der Waals surface area contributed by atoms with Gasteiger partial charge in [-0.1, -0.05) is 0 Å². The van der Waals surface area contributed by atoms with Crippen LogP contribution >= 0.6 is 0 Å². The first-order valence-electron chi connectivity index (χ1n) is 2.27. The van der Waals surface area contributed by atoms with Gasteiger partial charge in [0.05, 0.1) is 0 Å². The van der Waals surface area contributed by atoms with Gasteiger partial charge in [-0.05, 0) is 0 Å². The number of hydrogen-bond donors (Lipinski definition) is 0. The Hall–Kier alpha value is 0.0697. The van der Waals surface area contributed by atoms with Crippen molar-refractivity contribution in [3.63, 3.8) is 0 Å². The van der Waals surface area contributed by atoms with E-state index in [1.54, 1.807) is 0 Å². The van der Waals surface area contributed by atoms with E-state index in [9.17, 15) is 14.4 Å². The smallest absolute Gasteiger partial charge is 0.381 e. The fourth-order valence-electron chi connectivity index (χ4n) is 0.202. The van der Waals surface area contributed by atoms with Crippen LogP contribution in [0.1, 0.15) is 13.8 Å². The van der Waals surface area contributed by atoms with Gasteiger partial charge < -0.3 is 4.74 Å². The van der Waals surface area contributed by atoms with Gasteiger partial charge in [-0.25, -0.2) is 4.79 Å². The first-order chi connectivity index (χ1) is 4.04. The molecule has 0 aromatic heterocycles. The Morgan fingerprint density at radius 3 is 1.60 bits per heavy atom. The molecule has 0 spiro atoms. The molecule has 0 aliphatic rings. The van der Waals surface area contributed by atoms with Crippen LogP contribution in [0.15, 0.2) is 0 Å². The maximum atomic E-state index is 10.2. The van der Waals surface area contributed by atoms with Gasteiger partial charge in [0.2, 0.25) is 5.78 Å². The fraction of sp³-hybridized carbons (Fsp3) is 0.400. The minimum atomic E-state index is -1.11. The Morgan fingerprint density at radius 1 is 1.10 bits per heavy atom. The van der Waals surface area contributed by atoms with Gasteiger partial charge in [0.25, 0.3) is 0 Å². The minimum absolute atomic E-state index is 0. The number of rotatable bonds is 1. The molecule has 0 saturated heterocycles. The molecule has 0 amide bonds. The van der Waals surface area contributed by atoms with Crippen LogP contribution in [0.25, 0.3) is 0 Å². The Balaban J connectivity index is 0. The van der Waals surface area contributed by atoms with Crippen molar-refractivity contribution in [3.8, 4) is 0 Å². The molecule has 10 heavy (non-hydrogen) atoms. The van der Waals surface area contributed by atoms with Gasteiger partial charge in [-0.15, -0.1) is 0 Å². The molecule has 0 saturated carbocycles. The summed E-state index contributed by atoms with van der Waals surface area (Å²) in [4.78, 5) is 30.2. The number of carbonyl (C=O) groups excluding carboxylic acids is 3. The van der Waals surface area contributed by atoms with Crippen LogP contribution in [0.5, 0.6) is 0 Å². The van der Waals surface area contributed by atoms with E-state index in [4.69, 9.17) is 0 Å². The quantitative estimate of drug-likeness (QED) is 0.225. The molecule has 0 aliphatic heterocycles. The number of Topliss-reactive ketones (excluding diaryl/α,β-unsaturated/α-hetero) is 1. The van der Waals surface area contributed by atoms with Crippen molar-refractivity contribution < 1.29 is 19.1 Å². The summed E-state index contributed by atoms with van der Waals surface area (Å²) in [6.07, 6.45) is 0. The predicted molar refractivity (Wildman–Crippen MR) is 33.2 cm³/mol. The van der Waals surface area contributed by atoms with Gasteiger partial charge in [0.15, 0.2) is 0 Å². The Labute approximate surface area is 87.9 Å². The third-order valence-electron chi connectivity index (χ3n) is 0.524. The largest absolute Gasteiger partial charge is 0.387 e. The molecule has 0 heterocycles. The van der Waals surface area contributed by atoms with Gasteiger partial charge in [-0.2, -0.15) is 0 Å². The van der Waals surface area contributed by atoms with E-state index >= 15 is 0 Å². The van der Waals surface area contributed by atoms with Crippen LogP contribution in [0, 0.1) is 0 Å². The first-order valence-corrected chi connectivity index (χ1v) is 2.27. The number of carbonyl (C=O) groups is 3. The summed E-state index contributed by atoms with van der Waals surface area (Å²) in [7, 11) is 0. The van der Waals surface area contributed by atoms with Crippen molar-refractivity contribution >= 4 is 55.5 Å². The van der Waals surface area contributed by atoms with Crippen LogP contribution in [0.4, 0.5) is 0 Å². The minimum Gasteiger partial charge on any atom is -0.387 e. The zero-order valence-electron chi connectivity index (χ0n) is 5.84. The maximum Gasteiger partial charge on any atom is 0.381 e. The molecular formula is C5H6CaO4. The number of ether oxygens (including phenoxy) is 1. The normalized spacial score (nSPS) is 7.40. The van der Waals surface area contributed by atoms with Crippen LogP contribution in [0.2, 0.25) is 0 Å². The van der Waals surface area contributed by atoms with Crippen molar-refractivity contribution in [2.24, 2.45) is 0 Å². The van der Waals surface area contributed by atoms with Crippen molar-refractivity contribution in [2.45, 2.75) is 13.8 Å². The van der Waals surface area contributed by atoms with Crippen molar-refractivity contribution in [3.05, 3.63) is 0 Å². The number of ketones is 1. The van der Waals surface area contributed by atoms with Gasteiger partial charge in [0, 0.05) is 51.6 Å². The Kier molecular flexibility index (Phi) is 7.41. The summed E-state index contributed by atoms with van der Waals surface area (Å²) in [6.45, 7) is 2.09. The van der Waals surface area contributed by atoms with Gasteiger partial charge in [0.1, 0.15) is 0 Å². The molecule has 4 nitrogen and oxygen atoms in total. The van der Waals surface area contributed by atoms with E-state index in [1.807, 2.05) is 0 Å². The van der Waals surface area contributed by atoms with E-state index < -0.39 is 17.7 Å². The molecule has 0 aromatic rings. The average molecular weight is 170 g/mol. The second kappa shape index (κ2) is 5.82. The summed E-state index contributed by atoms with van der Waals surface area (Å²) < 4.78 is 3.88. The molecule has 0 N–H and O–H groups in total. The molecule has 5 heteroatoms. The van der Waals surface area contributed by atoms with Crippen molar-refractivity contribution in [2.75, 3.05) is 0 Å². The standard InChI is InChI=1S/C5H6O4.Ca/c1-3(6)5(8)9-4(2)7;/h1-2H3;. The third-order valence-corrected chi connectivity index (χ3v) is 0.524. The summed E-state index contributed by atoms with van der Waals surface area (Å²) in [5.41, 5.74) is 0. The SMILES string of the molecule is CC(=O)OC(=O)C(C)=O.[Ca]. The monoisotopic (exact) mass is 170 g/mol. The van der Waals surface area contributed by atoms with E-state index in [0.717, 1.165) is 13.8 Å². The van der Waals surface area contributed by atoms with Crippen LogP contribution in [-0.4, -0.2) is 55.5 Å². The Bertz CT molecular complexity index is 163. The zero-order chi connectivity index (χ0) is 7.44. The second-order valence-electron chi connectivity index (χ2n) is 1.44. The average Bonchev–Trinajstić information content (AvgIpc) is 1.63. The first kappa shape index (κ1) is 12.7. The maximum absolute atomic E-state index is 10.2. The zero-order valence-corrected chi connectivity index (χ0v) is 8.05. The van der Waals surface area contributed by atoms with E-state index in [-0.39, 0.29) is 37.7 Å². The molecule has 0 aliphatic carbocycles. The topological polar surface area (TPSA) is 60.4 Å². The van der Waals surface area contributed by atoms with Crippen LogP contribution in [-0.2, 0) is 19.1 Å². The molecule has 2 radical (unpaired) electrons. The number of esters is 2. The number of hydrogen-bond acceptors (Lipinski definition) is 4.